The predicted molar refractivity (Wildman–Crippen MR) is 40.2 cm³/mol. The first-order valence-corrected chi connectivity index (χ1v) is 2.98. The number of nitrogens with zero attached hydrogens (tertiary/aromatic N) is 3. The number of aliphatic imine (C=N–C) groups is 1. The minimum Gasteiger partial charge on any atom is -0.387 e. The number of hydrogen-bond donors (Lipinski definition) is 1. The van der Waals surface area contributed by atoms with Crippen molar-refractivity contribution in [1.29, 1.82) is 0 Å². The number of aryl methyl sites for hydroxylation is 1. The molecule has 0 aliphatic rings. The van der Waals surface area contributed by atoms with Gasteiger partial charge in [-0.15, -0.1) is 0 Å². The zero-order chi connectivity index (χ0) is 7.56. The molecule has 10 heavy (non-hydrogen) atoms. The summed E-state index contributed by atoms with van der Waals surface area (Å²) in [6.07, 6.45) is 3.50. The van der Waals surface area contributed by atoms with E-state index in [4.69, 9.17) is 5.73 Å². The number of amidine groups is 1. The van der Waals surface area contributed by atoms with Gasteiger partial charge in [-0.1, -0.05) is 0 Å². The SMILES string of the molecule is C/C(N)=N/c1nccn1C. The van der Waals surface area contributed by atoms with Crippen LogP contribution in [0.1, 0.15) is 6.92 Å². The van der Waals surface area contributed by atoms with Gasteiger partial charge in [0, 0.05) is 19.4 Å². The molecule has 1 aromatic heterocycles. The fourth-order valence-electron chi connectivity index (χ4n) is 0.623. The van der Waals surface area contributed by atoms with Crippen LogP contribution < -0.4 is 5.73 Å². The average Bonchev–Trinajstić information content (AvgIpc) is 2.15. The van der Waals surface area contributed by atoms with Crippen molar-refractivity contribution in [3.05, 3.63) is 12.4 Å². The van der Waals surface area contributed by atoms with Crippen LogP contribution in [0.4, 0.5) is 5.95 Å². The average molecular weight is 138 g/mol. The predicted octanol–water partition coefficient (Wildman–Crippen LogP) is 0.429. The molecule has 0 radical (unpaired) electrons. The lowest BCUT2D eigenvalue weighted by Crippen LogP contribution is -2.04. The second-order valence-electron chi connectivity index (χ2n) is 2.09. The number of nitrogens with two attached hydrogens (primary N) is 1. The smallest absolute Gasteiger partial charge is 0.230 e. The van der Waals surface area contributed by atoms with Crippen molar-refractivity contribution >= 4 is 11.8 Å². The van der Waals surface area contributed by atoms with Gasteiger partial charge in [-0.05, 0) is 6.92 Å². The molecule has 0 aromatic carbocycles. The summed E-state index contributed by atoms with van der Waals surface area (Å²) in [4.78, 5) is 7.92. The first-order valence-electron chi connectivity index (χ1n) is 2.98. The van der Waals surface area contributed by atoms with E-state index in [1.54, 1.807) is 17.7 Å². The van der Waals surface area contributed by atoms with E-state index in [9.17, 15) is 0 Å². The minimum atomic E-state index is 0.523. The molecular weight excluding hydrogens is 128 g/mol. The molecule has 0 amide bonds. The van der Waals surface area contributed by atoms with Gasteiger partial charge in [-0.3, -0.25) is 0 Å². The van der Waals surface area contributed by atoms with Crippen molar-refractivity contribution in [3.8, 4) is 0 Å². The first kappa shape index (κ1) is 6.80. The number of aromatic nitrogens is 2. The molecule has 54 valence electrons. The van der Waals surface area contributed by atoms with Crippen molar-refractivity contribution in [2.75, 3.05) is 0 Å². The van der Waals surface area contributed by atoms with E-state index in [1.165, 1.54) is 0 Å². The maximum absolute atomic E-state index is 5.35. The molecule has 0 unspecified atom stereocenters. The normalized spacial score (nSPS) is 12.0. The Kier molecular flexibility index (Phi) is 1.71. The highest BCUT2D eigenvalue weighted by molar-refractivity contribution is 5.79. The van der Waals surface area contributed by atoms with Crippen LogP contribution in [0.15, 0.2) is 17.4 Å². The molecule has 0 saturated carbocycles. The van der Waals surface area contributed by atoms with Gasteiger partial charge < -0.3 is 10.3 Å². The zero-order valence-corrected chi connectivity index (χ0v) is 6.07. The molecule has 4 heteroatoms. The molecule has 0 aliphatic heterocycles. The number of rotatable bonds is 1. The first-order chi connectivity index (χ1) is 4.70. The summed E-state index contributed by atoms with van der Waals surface area (Å²) in [7, 11) is 1.87. The van der Waals surface area contributed by atoms with Crippen LogP contribution >= 0.6 is 0 Å². The standard InChI is InChI=1S/C6H10N4/c1-5(7)9-6-8-3-4-10(6)2/h3-4H,1-2H3,(H2,7,8,9). The monoisotopic (exact) mass is 138 g/mol. The third-order valence-electron chi connectivity index (χ3n) is 1.07. The Morgan fingerprint density at radius 1 is 1.80 bits per heavy atom. The van der Waals surface area contributed by atoms with Crippen molar-refractivity contribution in [1.82, 2.24) is 9.55 Å². The largest absolute Gasteiger partial charge is 0.387 e. The van der Waals surface area contributed by atoms with Crippen LogP contribution in [0.25, 0.3) is 0 Å². The van der Waals surface area contributed by atoms with Gasteiger partial charge in [0.2, 0.25) is 5.95 Å². The quantitative estimate of drug-likeness (QED) is 0.452. The van der Waals surface area contributed by atoms with Crippen molar-refractivity contribution in [3.63, 3.8) is 0 Å². The highest BCUT2D eigenvalue weighted by atomic mass is 15.2. The Bertz CT molecular complexity index is 244. The molecule has 0 aliphatic carbocycles. The van der Waals surface area contributed by atoms with E-state index >= 15 is 0 Å². The number of hydrogen-bond acceptors (Lipinski definition) is 2. The van der Waals surface area contributed by atoms with E-state index in [0.29, 0.717) is 11.8 Å². The second-order valence-corrected chi connectivity index (χ2v) is 2.09. The van der Waals surface area contributed by atoms with E-state index < -0.39 is 0 Å². The Morgan fingerprint density at radius 3 is 2.90 bits per heavy atom. The van der Waals surface area contributed by atoms with Crippen LogP contribution in [-0.4, -0.2) is 15.4 Å². The molecule has 1 rings (SSSR count). The van der Waals surface area contributed by atoms with E-state index in [1.807, 2.05) is 13.2 Å². The van der Waals surface area contributed by atoms with E-state index in [0.717, 1.165) is 0 Å². The molecule has 2 N–H and O–H groups in total. The van der Waals surface area contributed by atoms with Gasteiger partial charge in [-0.25, -0.2) is 9.98 Å². The highest BCUT2D eigenvalue weighted by Gasteiger charge is 1.93. The zero-order valence-electron chi connectivity index (χ0n) is 6.07. The molecule has 0 saturated heterocycles. The Morgan fingerprint density at radius 2 is 2.50 bits per heavy atom. The minimum absolute atomic E-state index is 0.523. The molecule has 4 nitrogen and oxygen atoms in total. The third-order valence-corrected chi connectivity index (χ3v) is 1.07. The summed E-state index contributed by atoms with van der Waals surface area (Å²) >= 11 is 0. The molecular formula is C6H10N4. The van der Waals surface area contributed by atoms with Gasteiger partial charge in [-0.2, -0.15) is 0 Å². The summed E-state index contributed by atoms with van der Waals surface area (Å²) in [6.45, 7) is 1.73. The highest BCUT2D eigenvalue weighted by Crippen LogP contribution is 2.04. The maximum Gasteiger partial charge on any atom is 0.230 e. The molecule has 0 atom stereocenters. The number of imidazole rings is 1. The lowest BCUT2D eigenvalue weighted by molar-refractivity contribution is 0.910. The Hall–Kier alpha value is -1.32. The summed E-state index contributed by atoms with van der Waals surface area (Å²) in [5, 5.41) is 0. The van der Waals surface area contributed by atoms with Crippen molar-refractivity contribution in [2.45, 2.75) is 6.92 Å². The van der Waals surface area contributed by atoms with Gasteiger partial charge in [0.05, 0.1) is 5.84 Å². The fraction of sp³-hybridized carbons (Fsp3) is 0.333. The second kappa shape index (κ2) is 2.51. The Balaban J connectivity index is 2.95. The summed E-state index contributed by atoms with van der Waals surface area (Å²) in [6, 6.07) is 0. The third kappa shape index (κ3) is 1.34. The fourth-order valence-corrected chi connectivity index (χ4v) is 0.623. The summed E-state index contributed by atoms with van der Waals surface area (Å²) in [5.41, 5.74) is 5.35. The summed E-state index contributed by atoms with van der Waals surface area (Å²) < 4.78 is 1.80. The molecule has 0 spiro atoms. The van der Waals surface area contributed by atoms with E-state index in [2.05, 4.69) is 9.98 Å². The van der Waals surface area contributed by atoms with Gasteiger partial charge in [0.25, 0.3) is 0 Å². The lowest BCUT2D eigenvalue weighted by atomic mass is 10.7. The van der Waals surface area contributed by atoms with Crippen LogP contribution in [0, 0.1) is 0 Å². The van der Waals surface area contributed by atoms with E-state index in [-0.39, 0.29) is 0 Å². The van der Waals surface area contributed by atoms with Gasteiger partial charge >= 0.3 is 0 Å². The van der Waals surface area contributed by atoms with Gasteiger partial charge in [0.15, 0.2) is 0 Å². The Labute approximate surface area is 59.4 Å². The van der Waals surface area contributed by atoms with Crippen LogP contribution in [-0.2, 0) is 7.05 Å². The molecule has 1 heterocycles. The molecule has 0 fully saturated rings. The molecule has 0 bridgehead atoms. The van der Waals surface area contributed by atoms with Crippen LogP contribution in [0.2, 0.25) is 0 Å². The topological polar surface area (TPSA) is 56.2 Å². The van der Waals surface area contributed by atoms with Crippen molar-refractivity contribution in [2.24, 2.45) is 17.8 Å². The summed E-state index contributed by atoms with van der Waals surface area (Å²) in [5.74, 6) is 1.16. The maximum atomic E-state index is 5.35. The van der Waals surface area contributed by atoms with Crippen molar-refractivity contribution < 1.29 is 0 Å². The molecule has 1 aromatic rings. The van der Waals surface area contributed by atoms with Gasteiger partial charge in [0.1, 0.15) is 0 Å². The van der Waals surface area contributed by atoms with Crippen LogP contribution in [0.3, 0.4) is 0 Å². The lowest BCUT2D eigenvalue weighted by Gasteiger charge is -1.92. The van der Waals surface area contributed by atoms with Crippen LogP contribution in [0.5, 0.6) is 0 Å².